The Morgan fingerprint density at radius 1 is 1.26 bits per heavy atom. The van der Waals surface area contributed by atoms with Gasteiger partial charge in [-0.05, 0) is 59.2 Å². The zero-order valence-electron chi connectivity index (χ0n) is 13.2. The van der Waals surface area contributed by atoms with Crippen molar-refractivity contribution in [2.75, 3.05) is 6.54 Å². The van der Waals surface area contributed by atoms with E-state index in [0.29, 0.717) is 11.3 Å². The topological polar surface area (TPSA) is 26.0 Å². The van der Waals surface area contributed by atoms with Gasteiger partial charge in [0.2, 0.25) is 0 Å². The number of benzene rings is 1. The van der Waals surface area contributed by atoms with Crippen LogP contribution in [0.2, 0.25) is 0 Å². The van der Waals surface area contributed by atoms with E-state index in [2.05, 4.69) is 52.8 Å². The first-order valence-electron chi connectivity index (χ1n) is 7.61. The Labute approximate surface area is 118 Å². The van der Waals surface area contributed by atoms with Crippen molar-refractivity contribution in [3.05, 3.63) is 34.9 Å². The highest BCUT2D eigenvalue weighted by Crippen LogP contribution is 2.44. The fraction of sp³-hybridized carbons (Fsp3) is 0.667. The molecule has 0 aromatic heterocycles. The van der Waals surface area contributed by atoms with Crippen LogP contribution in [0, 0.1) is 0 Å². The summed E-state index contributed by atoms with van der Waals surface area (Å²) in [4.78, 5) is 0. The normalized spacial score (nSPS) is 22.1. The molecule has 0 saturated heterocycles. The predicted molar refractivity (Wildman–Crippen MR) is 83.8 cm³/mol. The Kier molecular flexibility index (Phi) is 3.79. The number of hydrogen-bond acceptors (Lipinski definition) is 1. The van der Waals surface area contributed by atoms with Crippen LogP contribution >= 0.6 is 0 Å². The number of fused-ring (bicyclic) bond motifs is 1. The highest BCUT2D eigenvalue weighted by molar-refractivity contribution is 5.43. The van der Waals surface area contributed by atoms with Crippen LogP contribution in [-0.4, -0.2) is 6.54 Å². The third kappa shape index (κ3) is 2.86. The van der Waals surface area contributed by atoms with Crippen molar-refractivity contribution in [3.63, 3.8) is 0 Å². The van der Waals surface area contributed by atoms with E-state index in [1.807, 2.05) is 0 Å². The van der Waals surface area contributed by atoms with Crippen molar-refractivity contribution in [3.8, 4) is 0 Å². The Morgan fingerprint density at radius 3 is 2.53 bits per heavy atom. The van der Waals surface area contributed by atoms with Crippen LogP contribution in [0.25, 0.3) is 0 Å². The molecule has 1 aromatic carbocycles. The Balaban J connectivity index is 2.50. The maximum absolute atomic E-state index is 5.81. The third-order valence-electron chi connectivity index (χ3n) is 4.72. The molecular weight excluding hydrogens is 230 g/mol. The minimum atomic E-state index is 0.226. The second-order valence-electron chi connectivity index (χ2n) is 7.75. The Hall–Kier alpha value is -0.820. The zero-order chi connectivity index (χ0) is 14.3. The quantitative estimate of drug-likeness (QED) is 0.832. The summed E-state index contributed by atoms with van der Waals surface area (Å²) < 4.78 is 0. The van der Waals surface area contributed by atoms with Crippen molar-refractivity contribution in [1.82, 2.24) is 0 Å². The van der Waals surface area contributed by atoms with E-state index in [4.69, 9.17) is 5.73 Å². The van der Waals surface area contributed by atoms with Gasteiger partial charge in [-0.3, -0.25) is 0 Å². The first kappa shape index (κ1) is 14.6. The highest BCUT2D eigenvalue weighted by atomic mass is 14.5. The van der Waals surface area contributed by atoms with Crippen LogP contribution in [0.1, 0.15) is 76.5 Å². The summed E-state index contributed by atoms with van der Waals surface area (Å²) in [6.07, 6.45) is 3.68. The molecule has 1 aliphatic carbocycles. The second-order valence-corrected chi connectivity index (χ2v) is 7.75. The molecule has 0 heterocycles. The average molecular weight is 259 g/mol. The predicted octanol–water partition coefficient (Wildman–Crippen LogP) is 4.49. The van der Waals surface area contributed by atoms with Gasteiger partial charge in [0.05, 0.1) is 0 Å². The van der Waals surface area contributed by atoms with E-state index >= 15 is 0 Å². The lowest BCUT2D eigenvalue weighted by Gasteiger charge is -2.38. The molecule has 0 spiro atoms. The summed E-state index contributed by atoms with van der Waals surface area (Å²) in [6, 6.07) is 7.15. The van der Waals surface area contributed by atoms with Gasteiger partial charge in [0.15, 0.2) is 0 Å². The van der Waals surface area contributed by atoms with Gasteiger partial charge >= 0.3 is 0 Å². The maximum Gasteiger partial charge on any atom is -0.00714 e. The van der Waals surface area contributed by atoms with E-state index < -0.39 is 0 Å². The first-order chi connectivity index (χ1) is 8.75. The van der Waals surface area contributed by atoms with Crippen LogP contribution in [0.15, 0.2) is 18.2 Å². The molecule has 1 nitrogen and oxygen atoms in total. The van der Waals surface area contributed by atoms with E-state index in [1.165, 1.54) is 18.4 Å². The summed E-state index contributed by atoms with van der Waals surface area (Å²) in [6.45, 7) is 12.4. The van der Waals surface area contributed by atoms with Crippen LogP contribution in [0.5, 0.6) is 0 Å². The highest BCUT2D eigenvalue weighted by Gasteiger charge is 2.33. The third-order valence-corrected chi connectivity index (χ3v) is 4.72. The molecule has 1 unspecified atom stereocenters. The van der Waals surface area contributed by atoms with E-state index in [9.17, 15) is 0 Å². The lowest BCUT2D eigenvalue weighted by Crippen LogP contribution is -2.28. The minimum absolute atomic E-state index is 0.226. The van der Waals surface area contributed by atoms with Crippen molar-refractivity contribution in [1.29, 1.82) is 0 Å². The number of rotatable bonds is 2. The summed E-state index contributed by atoms with van der Waals surface area (Å²) in [5.74, 6) is 0.662. The number of hydrogen-bond donors (Lipinski definition) is 1. The summed E-state index contributed by atoms with van der Waals surface area (Å²) in [5, 5.41) is 0. The molecule has 106 valence electrons. The van der Waals surface area contributed by atoms with Crippen molar-refractivity contribution < 1.29 is 0 Å². The van der Waals surface area contributed by atoms with Gasteiger partial charge in [0.1, 0.15) is 0 Å². The van der Waals surface area contributed by atoms with Gasteiger partial charge < -0.3 is 5.73 Å². The molecule has 1 heteroatoms. The van der Waals surface area contributed by atoms with Gasteiger partial charge in [0.25, 0.3) is 0 Å². The molecule has 0 amide bonds. The monoisotopic (exact) mass is 259 g/mol. The lowest BCUT2D eigenvalue weighted by atomic mass is 9.67. The molecule has 0 fully saturated rings. The molecule has 1 aromatic rings. The summed E-state index contributed by atoms with van der Waals surface area (Å²) >= 11 is 0. The number of nitrogens with two attached hydrogens (primary N) is 1. The standard InChI is InChI=1S/C18H29N/c1-17(2,3)14-6-7-16-15(12-14)13(9-11-19)8-10-18(16,4)5/h6-7,12-13H,8-11,19H2,1-5H3. The largest absolute Gasteiger partial charge is 0.330 e. The smallest absolute Gasteiger partial charge is 0.00714 e. The Morgan fingerprint density at radius 2 is 1.95 bits per heavy atom. The molecule has 0 saturated carbocycles. The van der Waals surface area contributed by atoms with Crippen molar-refractivity contribution in [2.45, 2.75) is 70.6 Å². The van der Waals surface area contributed by atoms with Crippen molar-refractivity contribution in [2.24, 2.45) is 5.73 Å². The van der Waals surface area contributed by atoms with Gasteiger partial charge in [0, 0.05) is 0 Å². The molecule has 0 aliphatic heterocycles. The summed E-state index contributed by atoms with van der Waals surface area (Å²) in [7, 11) is 0. The average Bonchev–Trinajstić information content (AvgIpc) is 2.31. The van der Waals surface area contributed by atoms with Gasteiger partial charge in [-0.15, -0.1) is 0 Å². The van der Waals surface area contributed by atoms with E-state index in [-0.39, 0.29) is 5.41 Å². The maximum atomic E-state index is 5.81. The van der Waals surface area contributed by atoms with Gasteiger partial charge in [-0.25, -0.2) is 0 Å². The van der Waals surface area contributed by atoms with Crippen LogP contribution in [0.3, 0.4) is 0 Å². The second kappa shape index (κ2) is 4.94. The Bertz CT molecular complexity index is 451. The van der Waals surface area contributed by atoms with E-state index in [0.717, 1.165) is 13.0 Å². The van der Waals surface area contributed by atoms with Crippen LogP contribution in [-0.2, 0) is 10.8 Å². The molecule has 1 atom stereocenters. The van der Waals surface area contributed by atoms with Crippen molar-refractivity contribution >= 4 is 0 Å². The summed E-state index contributed by atoms with van der Waals surface area (Å²) in [5.41, 5.74) is 10.9. The molecule has 1 aliphatic rings. The minimum Gasteiger partial charge on any atom is -0.330 e. The molecule has 0 bridgehead atoms. The van der Waals surface area contributed by atoms with Crippen LogP contribution in [0.4, 0.5) is 0 Å². The van der Waals surface area contributed by atoms with Gasteiger partial charge in [-0.1, -0.05) is 52.8 Å². The molecule has 0 radical (unpaired) electrons. The molecule has 19 heavy (non-hydrogen) atoms. The lowest BCUT2D eigenvalue weighted by molar-refractivity contribution is 0.382. The molecule has 2 rings (SSSR count). The SMILES string of the molecule is CC(C)(C)c1ccc2c(c1)C(CCN)CCC2(C)C. The first-order valence-corrected chi connectivity index (χ1v) is 7.61. The van der Waals surface area contributed by atoms with Gasteiger partial charge in [-0.2, -0.15) is 0 Å². The van der Waals surface area contributed by atoms with Crippen LogP contribution < -0.4 is 5.73 Å². The molecule has 2 N–H and O–H groups in total. The van der Waals surface area contributed by atoms with E-state index in [1.54, 1.807) is 11.1 Å². The fourth-order valence-electron chi connectivity index (χ4n) is 3.31. The fourth-order valence-corrected chi connectivity index (χ4v) is 3.31. The molecular formula is C18H29N. The zero-order valence-corrected chi connectivity index (χ0v) is 13.2.